The van der Waals surface area contributed by atoms with E-state index in [1.807, 2.05) is 23.6 Å². The second-order valence-electron chi connectivity index (χ2n) is 6.28. The van der Waals surface area contributed by atoms with Crippen LogP contribution in [0.2, 0.25) is 10.0 Å². The van der Waals surface area contributed by atoms with Crippen molar-refractivity contribution in [1.29, 1.82) is 0 Å². The Bertz CT molecular complexity index is 1040. The molecule has 6 nitrogen and oxygen atoms in total. The van der Waals surface area contributed by atoms with Gasteiger partial charge in [-0.3, -0.25) is 9.36 Å². The molecule has 1 heterocycles. The third kappa shape index (κ3) is 5.78. The molecular formula is C21H20Cl2N4O2S. The van der Waals surface area contributed by atoms with Gasteiger partial charge in [0.15, 0.2) is 17.1 Å². The maximum Gasteiger partial charge on any atom is 0.234 e. The van der Waals surface area contributed by atoms with Crippen LogP contribution in [0, 0.1) is 0 Å². The molecule has 0 saturated carbocycles. The lowest BCUT2D eigenvalue weighted by molar-refractivity contribution is -0.113. The molecule has 0 saturated heterocycles. The normalized spacial score (nSPS) is 11.7. The highest BCUT2D eigenvalue weighted by atomic mass is 35.5. The predicted octanol–water partition coefficient (Wildman–Crippen LogP) is 5.64. The lowest BCUT2D eigenvalue weighted by Crippen LogP contribution is -2.15. The summed E-state index contributed by atoms with van der Waals surface area (Å²) < 4.78 is 7.82. The number of rotatable bonds is 9. The number of benzene rings is 2. The number of amides is 1. The zero-order valence-corrected chi connectivity index (χ0v) is 18.5. The Morgan fingerprint density at radius 1 is 1.27 bits per heavy atom. The van der Waals surface area contributed by atoms with Crippen molar-refractivity contribution >= 4 is 46.6 Å². The molecule has 0 bridgehead atoms. The van der Waals surface area contributed by atoms with Gasteiger partial charge < -0.3 is 10.1 Å². The topological polar surface area (TPSA) is 69.0 Å². The molecule has 0 fully saturated rings. The van der Waals surface area contributed by atoms with Crippen molar-refractivity contribution in [2.24, 2.45) is 0 Å². The first-order chi connectivity index (χ1) is 14.5. The lowest BCUT2D eigenvalue weighted by Gasteiger charge is -2.16. The molecule has 2 aromatic carbocycles. The first kappa shape index (κ1) is 22.2. The van der Waals surface area contributed by atoms with Gasteiger partial charge in [0.05, 0.1) is 10.8 Å². The van der Waals surface area contributed by atoms with Crippen LogP contribution < -0.4 is 10.1 Å². The van der Waals surface area contributed by atoms with Gasteiger partial charge in [0.25, 0.3) is 0 Å². The van der Waals surface area contributed by atoms with Crippen LogP contribution in [-0.4, -0.2) is 26.4 Å². The largest absolute Gasteiger partial charge is 0.481 e. The second kappa shape index (κ2) is 10.5. The average Bonchev–Trinajstić information content (AvgIpc) is 3.11. The minimum atomic E-state index is -0.396. The lowest BCUT2D eigenvalue weighted by atomic mass is 10.3. The van der Waals surface area contributed by atoms with Crippen LogP contribution in [0.4, 0.5) is 5.69 Å². The molecule has 156 valence electrons. The number of anilines is 1. The van der Waals surface area contributed by atoms with E-state index in [-0.39, 0.29) is 11.7 Å². The van der Waals surface area contributed by atoms with Crippen LogP contribution in [-0.2, 0) is 11.3 Å². The summed E-state index contributed by atoms with van der Waals surface area (Å²) in [5.41, 5.74) is 0.642. The molecule has 1 amide bonds. The van der Waals surface area contributed by atoms with Crippen molar-refractivity contribution < 1.29 is 9.53 Å². The number of carbonyl (C=O) groups is 1. The number of nitrogens with one attached hydrogen (secondary N) is 1. The van der Waals surface area contributed by atoms with Gasteiger partial charge in [0.2, 0.25) is 5.91 Å². The highest BCUT2D eigenvalue weighted by Gasteiger charge is 2.20. The van der Waals surface area contributed by atoms with Gasteiger partial charge in [0, 0.05) is 17.3 Å². The Labute approximate surface area is 189 Å². The van der Waals surface area contributed by atoms with Crippen LogP contribution in [0.1, 0.15) is 18.9 Å². The summed E-state index contributed by atoms with van der Waals surface area (Å²) in [6.07, 6.45) is 1.34. The number of hydrogen-bond donors (Lipinski definition) is 1. The zero-order valence-electron chi connectivity index (χ0n) is 16.2. The van der Waals surface area contributed by atoms with Crippen molar-refractivity contribution in [2.75, 3.05) is 11.1 Å². The summed E-state index contributed by atoms with van der Waals surface area (Å²) in [6, 6.07) is 14.2. The predicted molar refractivity (Wildman–Crippen MR) is 122 cm³/mol. The number of hydrogen-bond acceptors (Lipinski definition) is 5. The van der Waals surface area contributed by atoms with Gasteiger partial charge in [-0.1, -0.05) is 59.2 Å². The van der Waals surface area contributed by atoms with Crippen LogP contribution in [0.25, 0.3) is 0 Å². The Morgan fingerprint density at radius 3 is 2.80 bits per heavy atom. The maximum absolute atomic E-state index is 12.3. The summed E-state index contributed by atoms with van der Waals surface area (Å²) >= 11 is 13.4. The molecule has 9 heteroatoms. The summed E-state index contributed by atoms with van der Waals surface area (Å²) in [7, 11) is 0. The molecule has 30 heavy (non-hydrogen) atoms. The minimum Gasteiger partial charge on any atom is -0.481 e. The van der Waals surface area contributed by atoms with Crippen molar-refractivity contribution in [3.8, 4) is 5.75 Å². The fourth-order valence-electron chi connectivity index (χ4n) is 2.69. The summed E-state index contributed by atoms with van der Waals surface area (Å²) in [5, 5.41) is 13.0. The number of thioether (sulfide) groups is 1. The molecule has 0 radical (unpaired) electrons. The molecule has 1 atom stereocenters. The van der Waals surface area contributed by atoms with Crippen molar-refractivity contribution in [3.05, 3.63) is 77.1 Å². The van der Waals surface area contributed by atoms with E-state index in [0.29, 0.717) is 39.0 Å². The van der Waals surface area contributed by atoms with Gasteiger partial charge in [-0.15, -0.1) is 16.8 Å². The Kier molecular flexibility index (Phi) is 7.79. The number of allylic oxidation sites excluding steroid dienone is 1. The second-order valence-corrected chi connectivity index (χ2v) is 8.06. The van der Waals surface area contributed by atoms with Crippen LogP contribution >= 0.6 is 35.0 Å². The van der Waals surface area contributed by atoms with E-state index in [4.69, 9.17) is 27.9 Å². The Hall–Kier alpha value is -2.48. The molecule has 1 N–H and O–H groups in total. The summed E-state index contributed by atoms with van der Waals surface area (Å²) in [5.74, 6) is 1.18. The van der Waals surface area contributed by atoms with Crippen LogP contribution in [0.3, 0.4) is 0 Å². The number of aromatic nitrogens is 3. The van der Waals surface area contributed by atoms with Crippen LogP contribution in [0.15, 0.2) is 66.3 Å². The SMILES string of the molecule is C=CCn1c(SCC(=O)Nc2cccc(Cl)c2)nnc1C(C)Oc1ccccc1Cl. The Balaban J connectivity index is 1.68. The molecule has 1 unspecified atom stereocenters. The molecule has 3 rings (SSSR count). The van der Waals surface area contributed by atoms with Crippen molar-refractivity contribution in [3.63, 3.8) is 0 Å². The van der Waals surface area contributed by atoms with Gasteiger partial charge in [0.1, 0.15) is 5.75 Å². The molecule has 0 spiro atoms. The van der Waals surface area contributed by atoms with E-state index in [1.165, 1.54) is 11.8 Å². The molecule has 0 aliphatic rings. The van der Waals surface area contributed by atoms with Crippen LogP contribution in [0.5, 0.6) is 5.75 Å². The third-order valence-electron chi connectivity index (χ3n) is 4.00. The maximum atomic E-state index is 12.3. The molecule has 0 aliphatic carbocycles. The number of ether oxygens (including phenoxy) is 1. The van der Waals surface area contributed by atoms with E-state index in [1.54, 1.807) is 42.5 Å². The molecule has 0 aliphatic heterocycles. The highest BCUT2D eigenvalue weighted by molar-refractivity contribution is 7.99. The van der Waals surface area contributed by atoms with Gasteiger partial charge in [-0.05, 0) is 37.3 Å². The molecule has 3 aromatic rings. The number of carbonyl (C=O) groups excluding carboxylic acids is 1. The average molecular weight is 463 g/mol. The van der Waals surface area contributed by atoms with Crippen molar-refractivity contribution in [2.45, 2.75) is 24.7 Å². The van der Waals surface area contributed by atoms with Gasteiger partial charge in [-0.25, -0.2) is 0 Å². The van der Waals surface area contributed by atoms with E-state index in [2.05, 4.69) is 22.1 Å². The number of para-hydroxylation sites is 1. The summed E-state index contributed by atoms with van der Waals surface area (Å²) in [6.45, 7) is 6.15. The number of halogens is 2. The van der Waals surface area contributed by atoms with Gasteiger partial charge >= 0.3 is 0 Å². The minimum absolute atomic E-state index is 0.168. The first-order valence-corrected chi connectivity index (χ1v) is 10.9. The zero-order chi connectivity index (χ0) is 21.5. The molecular weight excluding hydrogens is 443 g/mol. The highest BCUT2D eigenvalue weighted by Crippen LogP contribution is 2.29. The monoisotopic (exact) mass is 462 g/mol. The third-order valence-corrected chi connectivity index (χ3v) is 5.52. The summed E-state index contributed by atoms with van der Waals surface area (Å²) in [4.78, 5) is 12.3. The Morgan fingerprint density at radius 2 is 2.07 bits per heavy atom. The first-order valence-electron chi connectivity index (χ1n) is 9.11. The van der Waals surface area contributed by atoms with E-state index < -0.39 is 6.10 Å². The fourth-order valence-corrected chi connectivity index (χ4v) is 3.81. The van der Waals surface area contributed by atoms with E-state index >= 15 is 0 Å². The quantitative estimate of drug-likeness (QED) is 0.329. The van der Waals surface area contributed by atoms with Crippen molar-refractivity contribution in [1.82, 2.24) is 14.8 Å². The fraction of sp³-hybridized carbons (Fsp3) is 0.190. The number of nitrogens with zero attached hydrogens (tertiary/aromatic N) is 3. The van der Waals surface area contributed by atoms with E-state index in [0.717, 1.165) is 0 Å². The smallest absolute Gasteiger partial charge is 0.234 e. The van der Waals surface area contributed by atoms with Gasteiger partial charge in [-0.2, -0.15) is 0 Å². The molecule has 1 aromatic heterocycles. The standard InChI is InChI=1S/C21H20Cl2N4O2S/c1-3-11-27-20(14(2)29-18-10-5-4-9-17(18)23)25-26-21(27)30-13-19(28)24-16-8-6-7-15(22)12-16/h3-10,12,14H,1,11,13H2,2H3,(H,24,28). The van der Waals surface area contributed by atoms with E-state index in [9.17, 15) is 4.79 Å².